The molecular weight excluding hydrogens is 537 g/mol. The molecule has 5 rings (SSSR count). The van der Waals surface area contributed by atoms with Crippen molar-refractivity contribution in [3.63, 3.8) is 0 Å². The second-order valence-corrected chi connectivity index (χ2v) is 10.3. The van der Waals surface area contributed by atoms with Gasteiger partial charge in [0.1, 0.15) is 24.3 Å². The van der Waals surface area contributed by atoms with Gasteiger partial charge < -0.3 is 25.0 Å². The third-order valence-corrected chi connectivity index (χ3v) is 7.57. The van der Waals surface area contributed by atoms with E-state index < -0.39 is 17.8 Å². The SMILES string of the molecule is CN1C(=O)c2cc(NC(=O)c3cccc(F)c3)ccc2OC[C@@H]2O[C@@H](CC(=O)NCc3ccccc3Cl)CC[C@H]21. The summed E-state index contributed by atoms with van der Waals surface area (Å²) in [5, 5.41) is 6.20. The zero-order valence-electron chi connectivity index (χ0n) is 21.9. The number of carbonyl (C=O) groups excluding carboxylic acids is 3. The Bertz CT molecular complexity index is 1430. The average Bonchev–Trinajstić information content (AvgIpc) is 2.95. The first-order valence-corrected chi connectivity index (χ1v) is 13.4. The van der Waals surface area contributed by atoms with E-state index in [9.17, 15) is 18.8 Å². The van der Waals surface area contributed by atoms with E-state index in [0.717, 1.165) is 11.6 Å². The van der Waals surface area contributed by atoms with Crippen molar-refractivity contribution in [1.29, 1.82) is 0 Å². The largest absolute Gasteiger partial charge is 0.490 e. The summed E-state index contributed by atoms with van der Waals surface area (Å²) in [4.78, 5) is 40.3. The predicted molar refractivity (Wildman–Crippen MR) is 148 cm³/mol. The quantitative estimate of drug-likeness (QED) is 0.447. The molecule has 0 saturated carbocycles. The summed E-state index contributed by atoms with van der Waals surface area (Å²) in [6, 6.07) is 17.3. The number of likely N-dealkylation sites (N-methyl/N-ethyl adjacent to an activating group) is 1. The molecule has 0 radical (unpaired) electrons. The Morgan fingerprint density at radius 3 is 2.70 bits per heavy atom. The van der Waals surface area contributed by atoms with E-state index in [0.29, 0.717) is 41.4 Å². The van der Waals surface area contributed by atoms with Crippen LogP contribution in [0.2, 0.25) is 5.02 Å². The zero-order valence-corrected chi connectivity index (χ0v) is 22.6. The standard InChI is InChI=1S/C30H29ClFN3O5/c1-35-25-11-10-22(15-28(36)33-16-19-5-2-3-8-24(19)31)40-27(25)17-39-26-12-9-21(14-23(26)30(35)38)34-29(37)18-6-4-7-20(32)13-18/h2-9,12-14,22,25,27H,10-11,15-17H2,1H3,(H,33,36)(H,34,37)/t22-,25-,27+/m1/s1. The molecule has 2 aliphatic rings. The molecule has 2 N–H and O–H groups in total. The van der Waals surface area contributed by atoms with Gasteiger partial charge in [0.25, 0.3) is 11.8 Å². The topological polar surface area (TPSA) is 97.0 Å². The van der Waals surface area contributed by atoms with Gasteiger partial charge in [-0.15, -0.1) is 0 Å². The number of nitrogens with zero attached hydrogens (tertiary/aromatic N) is 1. The fourth-order valence-electron chi connectivity index (χ4n) is 5.05. The number of hydrogen-bond donors (Lipinski definition) is 2. The van der Waals surface area contributed by atoms with Gasteiger partial charge in [0.2, 0.25) is 5.91 Å². The first kappa shape index (κ1) is 27.6. The van der Waals surface area contributed by atoms with Crippen molar-refractivity contribution in [1.82, 2.24) is 10.2 Å². The third kappa shape index (κ3) is 6.26. The number of rotatable bonds is 6. The van der Waals surface area contributed by atoms with Crippen LogP contribution in [0.1, 0.15) is 45.5 Å². The molecule has 0 aliphatic carbocycles. The maximum absolute atomic E-state index is 13.5. The van der Waals surface area contributed by atoms with Crippen LogP contribution < -0.4 is 15.4 Å². The van der Waals surface area contributed by atoms with Crippen molar-refractivity contribution in [2.24, 2.45) is 0 Å². The lowest BCUT2D eigenvalue weighted by Crippen LogP contribution is -2.53. The molecule has 3 amide bonds. The van der Waals surface area contributed by atoms with E-state index in [1.807, 2.05) is 18.2 Å². The molecule has 3 aromatic rings. The van der Waals surface area contributed by atoms with Crippen LogP contribution in [0.5, 0.6) is 5.75 Å². The minimum Gasteiger partial charge on any atom is -0.490 e. The molecule has 10 heteroatoms. The van der Waals surface area contributed by atoms with Crippen LogP contribution in [-0.4, -0.2) is 54.5 Å². The van der Waals surface area contributed by atoms with E-state index in [4.69, 9.17) is 21.1 Å². The molecule has 3 aromatic carbocycles. The number of nitrogens with one attached hydrogen (secondary N) is 2. The minimum atomic E-state index is -0.514. The minimum absolute atomic E-state index is 0.141. The summed E-state index contributed by atoms with van der Waals surface area (Å²) < 4.78 is 25.8. The second kappa shape index (κ2) is 12.1. The molecule has 3 atom stereocenters. The Balaban J connectivity index is 1.22. The molecule has 2 aliphatic heterocycles. The molecule has 0 aromatic heterocycles. The number of benzene rings is 3. The highest BCUT2D eigenvalue weighted by atomic mass is 35.5. The third-order valence-electron chi connectivity index (χ3n) is 7.20. The van der Waals surface area contributed by atoms with Gasteiger partial charge in [-0.1, -0.05) is 35.9 Å². The molecule has 8 nitrogen and oxygen atoms in total. The van der Waals surface area contributed by atoms with E-state index in [-0.39, 0.29) is 42.6 Å². The molecule has 208 valence electrons. The fourth-order valence-corrected chi connectivity index (χ4v) is 5.26. The number of anilines is 1. The lowest BCUT2D eigenvalue weighted by atomic mass is 9.94. The van der Waals surface area contributed by atoms with E-state index in [1.165, 1.54) is 18.2 Å². The molecular formula is C30H29ClFN3O5. The average molecular weight is 566 g/mol. The Morgan fingerprint density at radius 2 is 1.90 bits per heavy atom. The van der Waals surface area contributed by atoms with Gasteiger partial charge in [-0.05, 0) is 60.9 Å². The van der Waals surface area contributed by atoms with Crippen molar-refractivity contribution in [2.45, 2.75) is 44.1 Å². The molecule has 40 heavy (non-hydrogen) atoms. The van der Waals surface area contributed by atoms with E-state index in [1.54, 1.807) is 36.2 Å². The van der Waals surface area contributed by atoms with Crippen LogP contribution >= 0.6 is 11.6 Å². The second-order valence-electron chi connectivity index (χ2n) is 9.92. The van der Waals surface area contributed by atoms with Gasteiger partial charge in [0.15, 0.2) is 0 Å². The van der Waals surface area contributed by atoms with Crippen LogP contribution in [-0.2, 0) is 16.1 Å². The Labute approximate surface area is 236 Å². The summed E-state index contributed by atoms with van der Waals surface area (Å²) in [5.74, 6) is -1.05. The summed E-state index contributed by atoms with van der Waals surface area (Å²) in [5.41, 5.74) is 1.70. The van der Waals surface area contributed by atoms with Gasteiger partial charge >= 0.3 is 0 Å². The number of hydrogen-bond acceptors (Lipinski definition) is 5. The van der Waals surface area contributed by atoms with Gasteiger partial charge in [0.05, 0.1) is 24.1 Å². The van der Waals surface area contributed by atoms with Gasteiger partial charge in [0, 0.05) is 29.9 Å². The summed E-state index contributed by atoms with van der Waals surface area (Å²) in [6.07, 6.45) is 0.721. The summed E-state index contributed by atoms with van der Waals surface area (Å²) in [6.45, 7) is 0.529. The number of amides is 3. The molecule has 2 heterocycles. The number of halogens is 2. The number of carbonyl (C=O) groups is 3. The summed E-state index contributed by atoms with van der Waals surface area (Å²) >= 11 is 6.17. The van der Waals surface area contributed by atoms with Crippen LogP contribution in [0.15, 0.2) is 66.7 Å². The normalized spacial score (nSPS) is 20.3. The van der Waals surface area contributed by atoms with Crippen molar-refractivity contribution < 1.29 is 28.2 Å². The Kier molecular flexibility index (Phi) is 8.32. The highest BCUT2D eigenvalue weighted by Crippen LogP contribution is 2.32. The zero-order chi connectivity index (χ0) is 28.2. The predicted octanol–water partition coefficient (Wildman–Crippen LogP) is 4.82. The lowest BCUT2D eigenvalue weighted by molar-refractivity contribution is -0.134. The Hall–Kier alpha value is -3.95. The van der Waals surface area contributed by atoms with Crippen LogP contribution in [0, 0.1) is 5.82 Å². The fraction of sp³-hybridized carbons (Fsp3) is 0.300. The highest BCUT2D eigenvalue weighted by Gasteiger charge is 2.39. The van der Waals surface area contributed by atoms with E-state index >= 15 is 0 Å². The molecule has 1 saturated heterocycles. The molecule has 0 spiro atoms. The summed E-state index contributed by atoms with van der Waals surface area (Å²) in [7, 11) is 1.72. The Morgan fingerprint density at radius 1 is 1.07 bits per heavy atom. The smallest absolute Gasteiger partial charge is 0.257 e. The van der Waals surface area contributed by atoms with Crippen LogP contribution in [0.4, 0.5) is 10.1 Å². The maximum atomic E-state index is 13.5. The van der Waals surface area contributed by atoms with E-state index in [2.05, 4.69) is 10.6 Å². The number of fused-ring (bicyclic) bond motifs is 2. The van der Waals surface area contributed by atoms with Gasteiger partial charge in [-0.2, -0.15) is 0 Å². The van der Waals surface area contributed by atoms with Crippen LogP contribution in [0.3, 0.4) is 0 Å². The highest BCUT2D eigenvalue weighted by molar-refractivity contribution is 6.31. The van der Waals surface area contributed by atoms with Crippen molar-refractivity contribution in [3.05, 3.63) is 94.3 Å². The first-order chi connectivity index (χ1) is 19.3. The molecule has 0 unspecified atom stereocenters. The van der Waals surface area contributed by atoms with Crippen LogP contribution in [0.25, 0.3) is 0 Å². The lowest BCUT2D eigenvalue weighted by Gasteiger charge is -2.42. The number of ether oxygens (including phenoxy) is 2. The first-order valence-electron chi connectivity index (χ1n) is 13.0. The molecule has 1 fully saturated rings. The monoisotopic (exact) mass is 565 g/mol. The van der Waals surface area contributed by atoms with Crippen molar-refractivity contribution >= 4 is 35.0 Å². The van der Waals surface area contributed by atoms with Crippen molar-refractivity contribution in [2.75, 3.05) is 19.0 Å². The van der Waals surface area contributed by atoms with Crippen molar-refractivity contribution in [3.8, 4) is 5.75 Å². The maximum Gasteiger partial charge on any atom is 0.257 e. The molecule has 0 bridgehead atoms. The van der Waals surface area contributed by atoms with Gasteiger partial charge in [-0.3, -0.25) is 14.4 Å². The van der Waals surface area contributed by atoms with Gasteiger partial charge in [-0.25, -0.2) is 4.39 Å².